The maximum absolute atomic E-state index is 6.05. The van der Waals surface area contributed by atoms with Crippen LogP contribution in [-0.2, 0) is 0 Å². The van der Waals surface area contributed by atoms with E-state index < -0.39 is 0 Å². The molecule has 2 unspecified atom stereocenters. The quantitative estimate of drug-likeness (QED) is 0.844. The molecule has 3 heteroatoms. The molecule has 0 aromatic heterocycles. The molecule has 0 bridgehead atoms. The first-order chi connectivity index (χ1) is 8.04. The lowest BCUT2D eigenvalue weighted by Gasteiger charge is -2.51. The van der Waals surface area contributed by atoms with Gasteiger partial charge in [-0.1, -0.05) is 20.8 Å². The lowest BCUT2D eigenvalue weighted by molar-refractivity contribution is -0.0541. The van der Waals surface area contributed by atoms with Gasteiger partial charge in [0, 0.05) is 21.4 Å². The predicted octanol–water partition coefficient (Wildman–Crippen LogP) is 3.45. The van der Waals surface area contributed by atoms with E-state index in [0.717, 1.165) is 18.7 Å². The summed E-state index contributed by atoms with van der Waals surface area (Å²) in [5, 5.41) is 3.52. The molecule has 2 nitrogen and oxygen atoms in total. The Hall–Kier alpha value is -0.290. The Balaban J connectivity index is 1.95. The summed E-state index contributed by atoms with van der Waals surface area (Å²) < 4.78 is 7.30. The monoisotopic (exact) mass is 345 g/mol. The summed E-state index contributed by atoms with van der Waals surface area (Å²) in [5.41, 5.74) is 0.221. The maximum Gasteiger partial charge on any atom is 0.119 e. The molecule has 1 fully saturated rings. The van der Waals surface area contributed by atoms with Gasteiger partial charge in [-0.25, -0.2) is 0 Å². The van der Waals surface area contributed by atoms with E-state index in [0.29, 0.717) is 12.1 Å². The summed E-state index contributed by atoms with van der Waals surface area (Å²) in [7, 11) is 0. The summed E-state index contributed by atoms with van der Waals surface area (Å²) in [4.78, 5) is 0. The first-order valence-corrected chi connectivity index (χ1v) is 7.27. The molecule has 0 amide bonds. The van der Waals surface area contributed by atoms with Crippen LogP contribution in [0.2, 0.25) is 0 Å². The first-order valence-electron chi connectivity index (χ1n) is 6.19. The summed E-state index contributed by atoms with van der Waals surface area (Å²) in [6.07, 6.45) is 1.43. The van der Waals surface area contributed by atoms with E-state index in [2.05, 4.69) is 72.9 Å². The molecule has 0 heterocycles. The van der Waals surface area contributed by atoms with E-state index in [4.69, 9.17) is 4.74 Å². The molecular formula is C14H20INO. The third-order valence-corrected chi connectivity index (χ3v) is 4.44. The fourth-order valence-electron chi connectivity index (χ4n) is 2.36. The number of hydrogen-bond donors (Lipinski definition) is 1. The van der Waals surface area contributed by atoms with Gasteiger partial charge < -0.3 is 10.1 Å². The van der Waals surface area contributed by atoms with Crippen LogP contribution in [-0.4, -0.2) is 18.7 Å². The van der Waals surface area contributed by atoms with E-state index >= 15 is 0 Å². The van der Waals surface area contributed by atoms with E-state index in [1.807, 2.05) is 0 Å². The van der Waals surface area contributed by atoms with Crippen molar-refractivity contribution >= 4 is 22.6 Å². The normalized spacial score (nSPS) is 26.4. The summed E-state index contributed by atoms with van der Waals surface area (Å²) in [6.45, 7) is 7.75. The number of halogens is 1. The number of rotatable bonds is 4. The van der Waals surface area contributed by atoms with Crippen molar-refractivity contribution in [2.24, 2.45) is 5.41 Å². The highest BCUT2D eigenvalue weighted by molar-refractivity contribution is 14.1. The molecule has 1 aromatic rings. The van der Waals surface area contributed by atoms with Gasteiger partial charge in [0.1, 0.15) is 11.9 Å². The molecular weight excluding hydrogens is 325 g/mol. The number of hydrogen-bond acceptors (Lipinski definition) is 2. The highest BCUT2D eigenvalue weighted by Gasteiger charge is 2.49. The van der Waals surface area contributed by atoms with Crippen molar-refractivity contribution in [3.63, 3.8) is 0 Å². The second-order valence-corrected chi connectivity index (χ2v) is 6.47. The van der Waals surface area contributed by atoms with Crippen LogP contribution < -0.4 is 10.1 Å². The van der Waals surface area contributed by atoms with E-state index in [-0.39, 0.29) is 5.41 Å². The Bertz CT molecular complexity index is 374. The lowest BCUT2D eigenvalue weighted by atomic mass is 9.64. The molecule has 1 N–H and O–H groups in total. The highest BCUT2D eigenvalue weighted by Crippen LogP contribution is 2.43. The van der Waals surface area contributed by atoms with Crippen molar-refractivity contribution < 1.29 is 4.74 Å². The Morgan fingerprint density at radius 2 is 2.00 bits per heavy atom. The van der Waals surface area contributed by atoms with Gasteiger partial charge in [-0.15, -0.1) is 0 Å². The summed E-state index contributed by atoms with van der Waals surface area (Å²) in [6, 6.07) is 8.87. The third-order valence-electron chi connectivity index (χ3n) is 3.72. The fraction of sp³-hybridized carbons (Fsp3) is 0.571. The fourth-order valence-corrected chi connectivity index (χ4v) is 2.72. The van der Waals surface area contributed by atoms with Crippen LogP contribution in [0.25, 0.3) is 0 Å². The average Bonchev–Trinajstić information content (AvgIpc) is 2.30. The van der Waals surface area contributed by atoms with Crippen molar-refractivity contribution in [1.82, 2.24) is 5.32 Å². The molecule has 2 atom stereocenters. The van der Waals surface area contributed by atoms with Crippen molar-refractivity contribution in [3.8, 4) is 5.75 Å². The van der Waals surface area contributed by atoms with Crippen LogP contribution >= 0.6 is 22.6 Å². The predicted molar refractivity (Wildman–Crippen MR) is 79.4 cm³/mol. The first kappa shape index (κ1) is 13.1. The summed E-state index contributed by atoms with van der Waals surface area (Å²) >= 11 is 2.31. The molecule has 0 radical (unpaired) electrons. The number of nitrogens with one attached hydrogen (secondary N) is 1. The van der Waals surface area contributed by atoms with Crippen molar-refractivity contribution in [1.29, 1.82) is 0 Å². The van der Waals surface area contributed by atoms with Gasteiger partial charge in [0.15, 0.2) is 0 Å². The number of ether oxygens (including phenoxy) is 1. The SMILES string of the molecule is CCNC1CC(Oc2ccc(I)cc2)C1(C)C. The molecule has 1 aromatic carbocycles. The van der Waals surface area contributed by atoms with Crippen LogP contribution in [0, 0.1) is 8.99 Å². The molecule has 2 rings (SSSR count). The zero-order chi connectivity index (χ0) is 12.5. The zero-order valence-electron chi connectivity index (χ0n) is 10.7. The van der Waals surface area contributed by atoms with Gasteiger partial charge in [-0.05, 0) is 53.4 Å². The molecule has 0 aliphatic heterocycles. The van der Waals surface area contributed by atoms with Crippen molar-refractivity contribution in [2.45, 2.75) is 39.3 Å². The Morgan fingerprint density at radius 1 is 1.35 bits per heavy atom. The van der Waals surface area contributed by atoms with Gasteiger partial charge in [-0.2, -0.15) is 0 Å². The van der Waals surface area contributed by atoms with Gasteiger partial charge in [0.25, 0.3) is 0 Å². The molecule has 0 spiro atoms. The molecule has 94 valence electrons. The Morgan fingerprint density at radius 3 is 2.53 bits per heavy atom. The van der Waals surface area contributed by atoms with Crippen LogP contribution in [0.4, 0.5) is 0 Å². The van der Waals surface area contributed by atoms with E-state index in [9.17, 15) is 0 Å². The van der Waals surface area contributed by atoms with Crippen LogP contribution in [0.5, 0.6) is 5.75 Å². The van der Waals surface area contributed by atoms with E-state index in [1.165, 1.54) is 3.57 Å². The smallest absolute Gasteiger partial charge is 0.119 e. The van der Waals surface area contributed by atoms with E-state index in [1.54, 1.807) is 0 Å². The third kappa shape index (κ3) is 2.76. The second-order valence-electron chi connectivity index (χ2n) is 5.23. The Kier molecular flexibility index (Phi) is 3.98. The standard InChI is InChI=1S/C14H20INO/c1-4-16-12-9-13(14(12,2)3)17-11-7-5-10(15)6-8-11/h5-8,12-13,16H,4,9H2,1-3H3. The molecule has 1 aliphatic carbocycles. The average molecular weight is 345 g/mol. The van der Waals surface area contributed by atoms with Gasteiger partial charge in [0.2, 0.25) is 0 Å². The highest BCUT2D eigenvalue weighted by atomic mass is 127. The van der Waals surface area contributed by atoms with Crippen LogP contribution in [0.3, 0.4) is 0 Å². The zero-order valence-corrected chi connectivity index (χ0v) is 12.8. The maximum atomic E-state index is 6.05. The molecule has 1 saturated carbocycles. The molecule has 1 aliphatic rings. The summed E-state index contributed by atoms with van der Waals surface area (Å²) in [5.74, 6) is 0.985. The minimum atomic E-state index is 0.221. The van der Waals surface area contributed by atoms with Crippen molar-refractivity contribution in [3.05, 3.63) is 27.8 Å². The molecule has 17 heavy (non-hydrogen) atoms. The largest absolute Gasteiger partial charge is 0.490 e. The van der Waals surface area contributed by atoms with Crippen LogP contribution in [0.1, 0.15) is 27.2 Å². The Labute approximate surface area is 117 Å². The van der Waals surface area contributed by atoms with Gasteiger partial charge >= 0.3 is 0 Å². The van der Waals surface area contributed by atoms with Gasteiger partial charge in [-0.3, -0.25) is 0 Å². The lowest BCUT2D eigenvalue weighted by Crippen LogP contribution is -2.62. The minimum absolute atomic E-state index is 0.221. The van der Waals surface area contributed by atoms with Gasteiger partial charge in [0.05, 0.1) is 0 Å². The van der Waals surface area contributed by atoms with Crippen LogP contribution in [0.15, 0.2) is 24.3 Å². The number of benzene rings is 1. The topological polar surface area (TPSA) is 21.3 Å². The molecule has 0 saturated heterocycles. The van der Waals surface area contributed by atoms with Crippen molar-refractivity contribution in [2.75, 3.05) is 6.54 Å². The minimum Gasteiger partial charge on any atom is -0.490 e. The second kappa shape index (κ2) is 5.14.